The van der Waals surface area contributed by atoms with Gasteiger partial charge < -0.3 is 10.1 Å². The van der Waals surface area contributed by atoms with E-state index in [2.05, 4.69) is 23.5 Å². The summed E-state index contributed by atoms with van der Waals surface area (Å²) in [7, 11) is 1.67. The summed E-state index contributed by atoms with van der Waals surface area (Å²) in [6, 6.07) is 16.0. The number of methoxy groups -OCH3 is 1. The molecule has 0 aliphatic carbocycles. The number of carbonyl (C=O) groups excluding carboxylic acids is 1. The van der Waals surface area contributed by atoms with Crippen LogP contribution in [0, 0.1) is 0 Å². The second-order valence-corrected chi connectivity index (χ2v) is 5.94. The second kappa shape index (κ2) is 6.62. The summed E-state index contributed by atoms with van der Waals surface area (Å²) < 4.78 is 5.30. The van der Waals surface area contributed by atoms with Crippen molar-refractivity contribution in [2.45, 2.75) is 6.42 Å². The first-order chi connectivity index (χ1) is 10.8. The third-order valence-electron chi connectivity index (χ3n) is 3.60. The number of nitrogens with one attached hydrogen (secondary N) is 1. The van der Waals surface area contributed by atoms with Gasteiger partial charge in [-0.15, -0.1) is 11.3 Å². The molecule has 112 valence electrons. The standard InChI is InChI=1S/C18H17NO2S/c1-21-15-8-7-13-4-2-5-14(16(13)12-15)9-10-19-18(20)17-6-3-11-22-17/h2-8,11-12H,9-10H2,1H3,(H,19,20). The third-order valence-corrected chi connectivity index (χ3v) is 4.47. The summed E-state index contributed by atoms with van der Waals surface area (Å²) in [5, 5.41) is 7.23. The number of amides is 1. The summed E-state index contributed by atoms with van der Waals surface area (Å²) in [6.07, 6.45) is 0.793. The first-order valence-electron chi connectivity index (χ1n) is 7.15. The van der Waals surface area contributed by atoms with E-state index in [1.54, 1.807) is 7.11 Å². The maximum atomic E-state index is 11.9. The summed E-state index contributed by atoms with van der Waals surface area (Å²) in [5.74, 6) is 0.843. The highest BCUT2D eigenvalue weighted by Crippen LogP contribution is 2.24. The van der Waals surface area contributed by atoms with Gasteiger partial charge in [-0.25, -0.2) is 0 Å². The summed E-state index contributed by atoms with van der Waals surface area (Å²) >= 11 is 1.46. The van der Waals surface area contributed by atoms with Gasteiger partial charge in [0, 0.05) is 6.54 Å². The van der Waals surface area contributed by atoms with Crippen molar-refractivity contribution < 1.29 is 9.53 Å². The van der Waals surface area contributed by atoms with E-state index in [4.69, 9.17) is 4.74 Å². The van der Waals surface area contributed by atoms with E-state index in [0.29, 0.717) is 6.54 Å². The molecule has 1 N–H and O–H groups in total. The van der Waals surface area contributed by atoms with Crippen molar-refractivity contribution in [3.05, 3.63) is 64.4 Å². The van der Waals surface area contributed by atoms with Gasteiger partial charge in [0.25, 0.3) is 5.91 Å². The molecule has 0 saturated carbocycles. The Hall–Kier alpha value is -2.33. The van der Waals surface area contributed by atoms with Crippen LogP contribution in [0.15, 0.2) is 53.9 Å². The Kier molecular flexibility index (Phi) is 4.39. The molecular formula is C18H17NO2S. The number of rotatable bonds is 5. The van der Waals surface area contributed by atoms with E-state index in [0.717, 1.165) is 17.0 Å². The van der Waals surface area contributed by atoms with Crippen LogP contribution < -0.4 is 10.1 Å². The number of fused-ring (bicyclic) bond motifs is 1. The molecule has 4 heteroatoms. The Morgan fingerprint density at radius 2 is 2.09 bits per heavy atom. The van der Waals surface area contributed by atoms with E-state index in [9.17, 15) is 4.79 Å². The molecule has 0 aliphatic heterocycles. The van der Waals surface area contributed by atoms with Gasteiger partial charge in [0.2, 0.25) is 0 Å². The summed E-state index contributed by atoms with van der Waals surface area (Å²) in [4.78, 5) is 12.7. The van der Waals surface area contributed by atoms with Crippen LogP contribution in [0.5, 0.6) is 5.75 Å². The summed E-state index contributed by atoms with van der Waals surface area (Å²) in [5.41, 5.74) is 1.21. The lowest BCUT2D eigenvalue weighted by Gasteiger charge is -2.09. The predicted octanol–water partition coefficient (Wildman–Crippen LogP) is 3.88. The largest absolute Gasteiger partial charge is 0.497 e. The highest BCUT2D eigenvalue weighted by atomic mass is 32.1. The SMILES string of the molecule is COc1ccc2cccc(CCNC(=O)c3cccs3)c2c1. The zero-order valence-corrected chi connectivity index (χ0v) is 13.2. The van der Waals surface area contributed by atoms with Gasteiger partial charge >= 0.3 is 0 Å². The van der Waals surface area contributed by atoms with Crippen molar-refractivity contribution in [2.24, 2.45) is 0 Å². The van der Waals surface area contributed by atoms with Gasteiger partial charge in [-0.1, -0.05) is 30.3 Å². The van der Waals surface area contributed by atoms with Crippen molar-refractivity contribution in [1.82, 2.24) is 5.32 Å². The molecule has 1 amide bonds. The normalized spacial score (nSPS) is 10.6. The van der Waals surface area contributed by atoms with Crippen molar-refractivity contribution in [2.75, 3.05) is 13.7 Å². The molecule has 0 saturated heterocycles. The minimum atomic E-state index is -0.00665. The first kappa shape index (κ1) is 14.6. The molecule has 0 atom stereocenters. The molecule has 3 rings (SSSR count). The lowest BCUT2D eigenvalue weighted by molar-refractivity contribution is 0.0958. The van der Waals surface area contributed by atoms with Gasteiger partial charge in [0.05, 0.1) is 12.0 Å². The molecule has 0 spiro atoms. The molecule has 22 heavy (non-hydrogen) atoms. The molecule has 1 aromatic heterocycles. The number of thiophene rings is 1. The molecule has 3 nitrogen and oxygen atoms in total. The molecule has 0 aliphatic rings. The molecule has 0 fully saturated rings. The van der Waals surface area contributed by atoms with Crippen LogP contribution in [0.3, 0.4) is 0 Å². The average molecular weight is 311 g/mol. The van der Waals surface area contributed by atoms with E-state index in [1.165, 1.54) is 27.7 Å². The maximum Gasteiger partial charge on any atom is 0.261 e. The van der Waals surface area contributed by atoms with E-state index >= 15 is 0 Å². The van der Waals surface area contributed by atoms with Crippen LogP contribution in [-0.2, 0) is 6.42 Å². The van der Waals surface area contributed by atoms with Crippen molar-refractivity contribution in [3.8, 4) is 5.75 Å². The third kappa shape index (κ3) is 3.12. The highest BCUT2D eigenvalue weighted by molar-refractivity contribution is 7.12. The molecule has 2 aromatic carbocycles. The Morgan fingerprint density at radius 3 is 2.86 bits per heavy atom. The molecule has 1 heterocycles. The van der Waals surface area contributed by atoms with Gasteiger partial charge in [-0.2, -0.15) is 0 Å². The minimum Gasteiger partial charge on any atom is -0.497 e. The lowest BCUT2D eigenvalue weighted by atomic mass is 10.0. The lowest BCUT2D eigenvalue weighted by Crippen LogP contribution is -2.24. The number of hydrogen-bond acceptors (Lipinski definition) is 3. The van der Waals surface area contributed by atoms with E-state index in [1.807, 2.05) is 35.7 Å². The Balaban J connectivity index is 1.72. The van der Waals surface area contributed by atoms with Crippen LogP contribution >= 0.6 is 11.3 Å². The minimum absolute atomic E-state index is 0.00665. The van der Waals surface area contributed by atoms with Gasteiger partial charge in [0.1, 0.15) is 5.75 Å². The molecule has 0 unspecified atom stereocenters. The van der Waals surface area contributed by atoms with Gasteiger partial charge in [-0.05, 0) is 46.3 Å². The first-order valence-corrected chi connectivity index (χ1v) is 8.03. The van der Waals surface area contributed by atoms with E-state index in [-0.39, 0.29) is 5.91 Å². The monoisotopic (exact) mass is 311 g/mol. The van der Waals surface area contributed by atoms with Crippen molar-refractivity contribution in [1.29, 1.82) is 0 Å². The van der Waals surface area contributed by atoms with Crippen molar-refractivity contribution >= 4 is 28.0 Å². The Labute approximate surface area is 133 Å². The zero-order chi connectivity index (χ0) is 15.4. The fraction of sp³-hybridized carbons (Fsp3) is 0.167. The average Bonchev–Trinajstić information content (AvgIpc) is 3.09. The number of ether oxygens (including phenoxy) is 1. The fourth-order valence-corrected chi connectivity index (χ4v) is 3.11. The van der Waals surface area contributed by atoms with E-state index < -0.39 is 0 Å². The summed E-state index contributed by atoms with van der Waals surface area (Å²) in [6.45, 7) is 0.618. The topological polar surface area (TPSA) is 38.3 Å². The number of hydrogen-bond donors (Lipinski definition) is 1. The quantitative estimate of drug-likeness (QED) is 0.776. The van der Waals surface area contributed by atoms with Gasteiger partial charge in [-0.3, -0.25) is 4.79 Å². The van der Waals surface area contributed by atoms with Crippen LogP contribution in [-0.4, -0.2) is 19.6 Å². The van der Waals surface area contributed by atoms with Crippen molar-refractivity contribution in [3.63, 3.8) is 0 Å². The number of benzene rings is 2. The maximum absolute atomic E-state index is 11.9. The van der Waals surface area contributed by atoms with Crippen LogP contribution in [0.1, 0.15) is 15.2 Å². The Morgan fingerprint density at radius 1 is 1.18 bits per heavy atom. The van der Waals surface area contributed by atoms with Crippen LogP contribution in [0.2, 0.25) is 0 Å². The molecule has 0 radical (unpaired) electrons. The molecule has 3 aromatic rings. The Bertz CT molecular complexity index is 781. The van der Waals surface area contributed by atoms with Crippen LogP contribution in [0.4, 0.5) is 0 Å². The zero-order valence-electron chi connectivity index (χ0n) is 12.3. The van der Waals surface area contributed by atoms with Gasteiger partial charge in [0.15, 0.2) is 0 Å². The highest BCUT2D eigenvalue weighted by Gasteiger charge is 2.07. The van der Waals surface area contributed by atoms with Crippen LogP contribution in [0.25, 0.3) is 10.8 Å². The predicted molar refractivity (Wildman–Crippen MR) is 90.9 cm³/mol. The number of carbonyl (C=O) groups is 1. The molecule has 0 bridgehead atoms. The fourth-order valence-electron chi connectivity index (χ4n) is 2.47. The molecular weight excluding hydrogens is 294 g/mol. The second-order valence-electron chi connectivity index (χ2n) is 4.99. The smallest absolute Gasteiger partial charge is 0.261 e.